The lowest BCUT2D eigenvalue weighted by molar-refractivity contribution is 0.161. The highest BCUT2D eigenvalue weighted by atomic mass is 16.3. The van der Waals surface area contributed by atoms with Crippen molar-refractivity contribution in [3.63, 3.8) is 0 Å². The van der Waals surface area contributed by atoms with E-state index in [1.165, 1.54) is 0 Å². The molecule has 0 aliphatic carbocycles. The molecule has 0 saturated heterocycles. The number of rotatable bonds is 5. The maximum atomic E-state index is 9.85. The number of aliphatic hydroxyl groups is 2. The summed E-state index contributed by atoms with van der Waals surface area (Å²) in [5.41, 5.74) is 2.05. The number of hydrogen-bond donors (Lipinski definition) is 3. The Balaban J connectivity index is 2.50. The van der Waals surface area contributed by atoms with Gasteiger partial charge in [0.2, 0.25) is 0 Å². The number of aryl methyl sites for hydroxylation is 1. The van der Waals surface area contributed by atoms with Crippen LogP contribution in [0.4, 0.5) is 0 Å². The molecule has 1 rings (SSSR count). The van der Waals surface area contributed by atoms with Crippen LogP contribution < -0.4 is 5.32 Å². The van der Waals surface area contributed by atoms with Crippen LogP contribution >= 0.6 is 0 Å². The van der Waals surface area contributed by atoms with Gasteiger partial charge >= 0.3 is 0 Å². The van der Waals surface area contributed by atoms with E-state index in [9.17, 15) is 5.11 Å². The average molecular weight is 209 g/mol. The minimum absolute atomic E-state index is 0.0180. The Morgan fingerprint density at radius 1 is 1.40 bits per heavy atom. The lowest BCUT2D eigenvalue weighted by Gasteiger charge is -2.15. The van der Waals surface area contributed by atoms with Crippen molar-refractivity contribution in [3.05, 3.63) is 35.4 Å². The number of nitrogens with one attached hydrogen (secondary N) is 1. The smallest absolute Gasteiger partial charge is 0.0914 e. The molecule has 84 valence electrons. The van der Waals surface area contributed by atoms with Crippen molar-refractivity contribution in [3.8, 4) is 0 Å². The molecule has 0 radical (unpaired) electrons. The second-order valence-corrected chi connectivity index (χ2v) is 3.92. The molecule has 3 heteroatoms. The van der Waals surface area contributed by atoms with Crippen molar-refractivity contribution >= 4 is 0 Å². The van der Waals surface area contributed by atoms with E-state index in [-0.39, 0.29) is 12.6 Å². The van der Waals surface area contributed by atoms with Gasteiger partial charge in [-0.25, -0.2) is 0 Å². The minimum atomic E-state index is -0.515. The lowest BCUT2D eigenvalue weighted by Crippen LogP contribution is -2.32. The molecule has 0 saturated carbocycles. The molecule has 0 bridgehead atoms. The molecular weight excluding hydrogens is 190 g/mol. The SMILES string of the molecule is Cc1cccc(C(O)CN[C@@H](C)CO)c1. The van der Waals surface area contributed by atoms with E-state index in [1.807, 2.05) is 38.1 Å². The maximum Gasteiger partial charge on any atom is 0.0914 e. The third-order valence-corrected chi connectivity index (χ3v) is 2.36. The van der Waals surface area contributed by atoms with Crippen LogP contribution in [0.1, 0.15) is 24.2 Å². The molecule has 15 heavy (non-hydrogen) atoms. The molecule has 0 aromatic heterocycles. The first kappa shape index (κ1) is 12.2. The highest BCUT2D eigenvalue weighted by Gasteiger charge is 2.08. The van der Waals surface area contributed by atoms with Crippen molar-refractivity contribution in [1.82, 2.24) is 5.32 Å². The van der Waals surface area contributed by atoms with Gasteiger partial charge in [-0.1, -0.05) is 29.8 Å². The van der Waals surface area contributed by atoms with Gasteiger partial charge in [-0.2, -0.15) is 0 Å². The summed E-state index contributed by atoms with van der Waals surface area (Å²) in [4.78, 5) is 0. The normalized spacial score (nSPS) is 14.9. The maximum absolute atomic E-state index is 9.85. The highest BCUT2D eigenvalue weighted by Crippen LogP contribution is 2.13. The fourth-order valence-electron chi connectivity index (χ4n) is 1.37. The van der Waals surface area contributed by atoms with E-state index < -0.39 is 6.10 Å². The predicted octanol–water partition coefficient (Wildman–Crippen LogP) is 0.999. The molecule has 3 N–H and O–H groups in total. The van der Waals surface area contributed by atoms with Crippen LogP contribution in [0.3, 0.4) is 0 Å². The van der Waals surface area contributed by atoms with E-state index in [0.717, 1.165) is 11.1 Å². The summed E-state index contributed by atoms with van der Waals surface area (Å²) in [7, 11) is 0. The molecule has 0 amide bonds. The van der Waals surface area contributed by atoms with Gasteiger partial charge in [-0.05, 0) is 19.4 Å². The molecular formula is C12H19NO2. The quantitative estimate of drug-likeness (QED) is 0.678. The van der Waals surface area contributed by atoms with E-state index in [0.29, 0.717) is 6.54 Å². The summed E-state index contributed by atoms with van der Waals surface area (Å²) in [6.45, 7) is 4.43. The second kappa shape index (κ2) is 5.85. The van der Waals surface area contributed by atoms with Gasteiger partial charge in [0.25, 0.3) is 0 Å². The standard InChI is InChI=1S/C12H19NO2/c1-9-4-3-5-11(6-9)12(15)7-13-10(2)8-14/h3-6,10,12-15H,7-8H2,1-2H3/t10-,12?/m0/s1. The first-order chi connectivity index (χ1) is 7.13. The van der Waals surface area contributed by atoms with Crippen molar-refractivity contribution < 1.29 is 10.2 Å². The van der Waals surface area contributed by atoms with Gasteiger partial charge in [0.1, 0.15) is 0 Å². The van der Waals surface area contributed by atoms with Gasteiger partial charge in [0.05, 0.1) is 12.7 Å². The van der Waals surface area contributed by atoms with Crippen molar-refractivity contribution in [2.75, 3.05) is 13.2 Å². The lowest BCUT2D eigenvalue weighted by atomic mass is 10.1. The Bertz CT molecular complexity index is 301. The Kier molecular flexibility index (Phi) is 4.75. The van der Waals surface area contributed by atoms with Crippen LogP contribution in [0.2, 0.25) is 0 Å². The molecule has 0 heterocycles. The number of aliphatic hydroxyl groups excluding tert-OH is 2. The summed E-state index contributed by atoms with van der Waals surface area (Å²) in [6, 6.07) is 7.83. The fraction of sp³-hybridized carbons (Fsp3) is 0.500. The van der Waals surface area contributed by atoms with Crippen LogP contribution in [-0.4, -0.2) is 29.4 Å². The zero-order chi connectivity index (χ0) is 11.3. The third kappa shape index (κ3) is 4.00. The third-order valence-electron chi connectivity index (χ3n) is 2.36. The predicted molar refractivity (Wildman–Crippen MR) is 60.7 cm³/mol. The summed E-state index contributed by atoms with van der Waals surface area (Å²) in [5, 5.41) is 21.7. The van der Waals surface area contributed by atoms with Crippen LogP contribution in [0.25, 0.3) is 0 Å². The highest BCUT2D eigenvalue weighted by molar-refractivity contribution is 5.24. The summed E-state index contributed by atoms with van der Waals surface area (Å²) in [6.07, 6.45) is -0.515. The van der Waals surface area contributed by atoms with Crippen LogP contribution in [0.5, 0.6) is 0 Å². The minimum Gasteiger partial charge on any atom is -0.395 e. The second-order valence-electron chi connectivity index (χ2n) is 3.92. The van der Waals surface area contributed by atoms with Crippen molar-refractivity contribution in [1.29, 1.82) is 0 Å². The van der Waals surface area contributed by atoms with Gasteiger partial charge < -0.3 is 15.5 Å². The van der Waals surface area contributed by atoms with E-state index in [4.69, 9.17) is 5.11 Å². The molecule has 0 fully saturated rings. The molecule has 1 aromatic rings. The summed E-state index contributed by atoms with van der Waals surface area (Å²) in [5.74, 6) is 0. The molecule has 3 nitrogen and oxygen atoms in total. The molecule has 1 unspecified atom stereocenters. The van der Waals surface area contributed by atoms with Crippen molar-refractivity contribution in [2.24, 2.45) is 0 Å². The fourth-order valence-corrected chi connectivity index (χ4v) is 1.37. The zero-order valence-electron chi connectivity index (χ0n) is 9.27. The van der Waals surface area contributed by atoms with Crippen LogP contribution in [0, 0.1) is 6.92 Å². The van der Waals surface area contributed by atoms with E-state index in [1.54, 1.807) is 0 Å². The monoisotopic (exact) mass is 209 g/mol. The molecule has 0 aliphatic rings. The zero-order valence-corrected chi connectivity index (χ0v) is 9.27. The average Bonchev–Trinajstić information content (AvgIpc) is 2.25. The summed E-state index contributed by atoms with van der Waals surface area (Å²) < 4.78 is 0. The van der Waals surface area contributed by atoms with E-state index in [2.05, 4.69) is 5.32 Å². The van der Waals surface area contributed by atoms with Gasteiger partial charge in [0, 0.05) is 12.6 Å². The number of benzene rings is 1. The van der Waals surface area contributed by atoms with Crippen molar-refractivity contribution in [2.45, 2.75) is 26.0 Å². The Hall–Kier alpha value is -0.900. The topological polar surface area (TPSA) is 52.5 Å². The molecule has 0 aliphatic heterocycles. The van der Waals surface area contributed by atoms with Gasteiger partial charge in [-0.3, -0.25) is 0 Å². The van der Waals surface area contributed by atoms with Gasteiger partial charge in [-0.15, -0.1) is 0 Å². The Morgan fingerprint density at radius 3 is 2.73 bits per heavy atom. The molecule has 0 spiro atoms. The van der Waals surface area contributed by atoms with Crippen LogP contribution in [-0.2, 0) is 0 Å². The number of hydrogen-bond acceptors (Lipinski definition) is 3. The van der Waals surface area contributed by atoms with Gasteiger partial charge in [0.15, 0.2) is 0 Å². The molecule has 1 aromatic carbocycles. The first-order valence-electron chi connectivity index (χ1n) is 5.22. The van der Waals surface area contributed by atoms with E-state index >= 15 is 0 Å². The molecule has 2 atom stereocenters. The Labute approximate surface area is 90.8 Å². The largest absolute Gasteiger partial charge is 0.395 e. The summed E-state index contributed by atoms with van der Waals surface area (Å²) >= 11 is 0. The first-order valence-corrected chi connectivity index (χ1v) is 5.22. The van der Waals surface area contributed by atoms with Crippen LogP contribution in [0.15, 0.2) is 24.3 Å². The Morgan fingerprint density at radius 2 is 2.13 bits per heavy atom.